The summed E-state index contributed by atoms with van der Waals surface area (Å²) in [5.41, 5.74) is -0.179. The fourth-order valence-electron chi connectivity index (χ4n) is 1.09. The van der Waals surface area contributed by atoms with E-state index in [1.807, 2.05) is 0 Å². The van der Waals surface area contributed by atoms with Crippen molar-refractivity contribution in [2.24, 2.45) is 0 Å². The standard InChI is InChI=1S/C9H4F5N3S/c10-4-1-2-6(5(11)3-4)15-8-17-16-7(18-8)9(12,13)14/h1-3H,(H,15,17). The number of benzene rings is 1. The van der Waals surface area contributed by atoms with Crippen LogP contribution < -0.4 is 5.32 Å². The fraction of sp³-hybridized carbons (Fsp3) is 0.111. The molecule has 0 saturated heterocycles. The van der Waals surface area contributed by atoms with Crippen LogP contribution in [0.2, 0.25) is 0 Å². The fourth-order valence-corrected chi connectivity index (χ4v) is 1.72. The van der Waals surface area contributed by atoms with Crippen molar-refractivity contribution >= 4 is 22.2 Å². The molecule has 0 atom stereocenters. The molecule has 2 aromatic rings. The second kappa shape index (κ2) is 4.48. The summed E-state index contributed by atoms with van der Waals surface area (Å²) in [4.78, 5) is 0. The molecule has 0 unspecified atom stereocenters. The van der Waals surface area contributed by atoms with Crippen molar-refractivity contribution in [1.29, 1.82) is 0 Å². The van der Waals surface area contributed by atoms with Crippen molar-refractivity contribution in [3.8, 4) is 0 Å². The van der Waals surface area contributed by atoms with Gasteiger partial charge in [0.15, 0.2) is 0 Å². The van der Waals surface area contributed by atoms with E-state index in [0.29, 0.717) is 6.07 Å². The van der Waals surface area contributed by atoms with E-state index in [9.17, 15) is 22.0 Å². The Labute approximate surface area is 101 Å². The maximum absolute atomic E-state index is 13.2. The molecule has 0 saturated carbocycles. The van der Waals surface area contributed by atoms with Crippen LogP contribution in [0, 0.1) is 11.6 Å². The monoisotopic (exact) mass is 281 g/mol. The van der Waals surface area contributed by atoms with E-state index in [1.165, 1.54) is 0 Å². The maximum atomic E-state index is 13.2. The smallest absolute Gasteiger partial charge is 0.328 e. The van der Waals surface area contributed by atoms with Crippen LogP contribution in [-0.2, 0) is 6.18 Å². The summed E-state index contributed by atoms with van der Waals surface area (Å²) in [7, 11) is 0. The summed E-state index contributed by atoms with van der Waals surface area (Å²) in [5.74, 6) is -1.72. The van der Waals surface area contributed by atoms with Crippen LogP contribution in [0.15, 0.2) is 18.2 Å². The third-order valence-electron chi connectivity index (χ3n) is 1.84. The van der Waals surface area contributed by atoms with Gasteiger partial charge < -0.3 is 5.32 Å². The minimum atomic E-state index is -4.60. The van der Waals surface area contributed by atoms with Crippen LogP contribution in [0.3, 0.4) is 0 Å². The largest absolute Gasteiger partial charge is 0.445 e. The second-order valence-corrected chi connectivity index (χ2v) is 4.14. The first-order chi connectivity index (χ1) is 8.36. The molecule has 0 bridgehead atoms. The lowest BCUT2D eigenvalue weighted by atomic mass is 10.3. The molecule has 9 heteroatoms. The van der Waals surface area contributed by atoms with E-state index in [0.717, 1.165) is 12.1 Å². The number of halogens is 5. The molecule has 0 spiro atoms. The lowest BCUT2D eigenvalue weighted by Gasteiger charge is -2.03. The average molecular weight is 281 g/mol. The van der Waals surface area contributed by atoms with Crippen LogP contribution in [0.25, 0.3) is 0 Å². The second-order valence-electron chi connectivity index (χ2n) is 3.16. The first-order valence-electron chi connectivity index (χ1n) is 4.49. The Morgan fingerprint density at radius 3 is 2.39 bits per heavy atom. The van der Waals surface area contributed by atoms with E-state index in [2.05, 4.69) is 15.5 Å². The number of rotatable bonds is 2. The lowest BCUT2D eigenvalue weighted by Crippen LogP contribution is -2.03. The summed E-state index contributed by atoms with van der Waals surface area (Å²) in [6, 6.07) is 2.63. The Kier molecular flexibility index (Phi) is 3.16. The van der Waals surface area contributed by atoms with Crippen molar-refractivity contribution in [1.82, 2.24) is 10.2 Å². The van der Waals surface area contributed by atoms with Crippen molar-refractivity contribution in [2.45, 2.75) is 6.18 Å². The summed E-state index contributed by atoms with van der Waals surface area (Å²) in [6.07, 6.45) is -4.60. The molecular weight excluding hydrogens is 277 g/mol. The molecular formula is C9H4F5N3S. The highest BCUT2D eigenvalue weighted by atomic mass is 32.1. The number of nitrogens with zero attached hydrogens (tertiary/aromatic N) is 2. The summed E-state index contributed by atoms with van der Waals surface area (Å²) in [6.45, 7) is 0. The highest BCUT2D eigenvalue weighted by molar-refractivity contribution is 7.15. The summed E-state index contributed by atoms with van der Waals surface area (Å²) in [5, 5.41) is 7.05. The molecule has 0 aliphatic heterocycles. The maximum Gasteiger partial charge on any atom is 0.445 e. The third-order valence-corrected chi connectivity index (χ3v) is 2.72. The zero-order valence-corrected chi connectivity index (χ0v) is 9.24. The molecule has 1 heterocycles. The van der Waals surface area contributed by atoms with Gasteiger partial charge in [0.2, 0.25) is 10.1 Å². The molecule has 96 valence electrons. The minimum Gasteiger partial charge on any atom is -0.328 e. The Morgan fingerprint density at radius 1 is 1.11 bits per heavy atom. The van der Waals surface area contributed by atoms with Gasteiger partial charge >= 0.3 is 6.18 Å². The van der Waals surface area contributed by atoms with Crippen molar-refractivity contribution in [3.05, 3.63) is 34.8 Å². The average Bonchev–Trinajstić information content (AvgIpc) is 2.70. The Morgan fingerprint density at radius 2 is 1.83 bits per heavy atom. The predicted molar refractivity (Wildman–Crippen MR) is 54.6 cm³/mol. The number of hydrogen-bond acceptors (Lipinski definition) is 4. The van der Waals surface area contributed by atoms with Crippen molar-refractivity contribution < 1.29 is 22.0 Å². The number of alkyl halides is 3. The van der Waals surface area contributed by atoms with Crippen LogP contribution in [0.4, 0.5) is 32.8 Å². The lowest BCUT2D eigenvalue weighted by molar-refractivity contribution is -0.138. The number of hydrogen-bond donors (Lipinski definition) is 1. The SMILES string of the molecule is Fc1ccc(Nc2nnc(C(F)(F)F)s2)c(F)c1. The van der Waals surface area contributed by atoms with E-state index in [1.54, 1.807) is 0 Å². The Hall–Kier alpha value is -1.77. The number of nitrogens with one attached hydrogen (secondary N) is 1. The summed E-state index contributed by atoms with van der Waals surface area (Å²) >= 11 is 0.229. The topological polar surface area (TPSA) is 37.8 Å². The number of aromatic nitrogens is 2. The van der Waals surface area contributed by atoms with Gasteiger partial charge in [0.05, 0.1) is 5.69 Å². The predicted octanol–water partition coefficient (Wildman–Crippen LogP) is 3.58. The Bertz CT molecular complexity index is 566. The van der Waals surface area contributed by atoms with Crippen LogP contribution in [0.5, 0.6) is 0 Å². The molecule has 0 amide bonds. The van der Waals surface area contributed by atoms with Crippen molar-refractivity contribution in [2.75, 3.05) is 5.32 Å². The molecule has 1 aromatic heterocycles. The zero-order valence-electron chi connectivity index (χ0n) is 8.42. The molecule has 1 aromatic carbocycles. The van der Waals surface area contributed by atoms with Gasteiger partial charge in [0.1, 0.15) is 11.6 Å². The molecule has 2 rings (SSSR count). The van der Waals surface area contributed by atoms with Crippen molar-refractivity contribution in [3.63, 3.8) is 0 Å². The molecule has 0 aliphatic rings. The molecule has 0 fully saturated rings. The van der Waals surface area contributed by atoms with Gasteiger partial charge in [-0.25, -0.2) is 8.78 Å². The quantitative estimate of drug-likeness (QED) is 0.855. The highest BCUT2D eigenvalue weighted by Crippen LogP contribution is 2.34. The first-order valence-corrected chi connectivity index (χ1v) is 5.30. The van der Waals surface area contributed by atoms with E-state index in [4.69, 9.17) is 0 Å². The minimum absolute atomic E-state index is 0.179. The van der Waals surface area contributed by atoms with Gasteiger partial charge in [-0.2, -0.15) is 13.2 Å². The van der Waals surface area contributed by atoms with E-state index in [-0.39, 0.29) is 22.2 Å². The molecule has 0 aliphatic carbocycles. The Balaban J connectivity index is 2.21. The van der Waals surface area contributed by atoms with Gasteiger partial charge in [-0.15, -0.1) is 10.2 Å². The van der Waals surface area contributed by atoms with Gasteiger partial charge in [-0.3, -0.25) is 0 Å². The first kappa shape index (κ1) is 12.7. The van der Waals surface area contributed by atoms with Crippen LogP contribution in [-0.4, -0.2) is 10.2 Å². The summed E-state index contributed by atoms with van der Waals surface area (Å²) < 4.78 is 62.5. The molecule has 18 heavy (non-hydrogen) atoms. The zero-order chi connectivity index (χ0) is 13.3. The van der Waals surface area contributed by atoms with Gasteiger partial charge in [-0.05, 0) is 12.1 Å². The van der Waals surface area contributed by atoms with Crippen LogP contribution in [0.1, 0.15) is 5.01 Å². The number of anilines is 2. The van der Waals surface area contributed by atoms with Gasteiger partial charge in [0, 0.05) is 6.07 Å². The van der Waals surface area contributed by atoms with E-state index >= 15 is 0 Å². The normalized spacial score (nSPS) is 11.6. The molecule has 1 N–H and O–H groups in total. The van der Waals surface area contributed by atoms with Gasteiger partial charge in [0.25, 0.3) is 0 Å². The highest BCUT2D eigenvalue weighted by Gasteiger charge is 2.35. The van der Waals surface area contributed by atoms with Crippen LogP contribution >= 0.6 is 11.3 Å². The van der Waals surface area contributed by atoms with Gasteiger partial charge in [-0.1, -0.05) is 11.3 Å². The third kappa shape index (κ3) is 2.73. The van der Waals surface area contributed by atoms with E-state index < -0.39 is 22.8 Å². The molecule has 3 nitrogen and oxygen atoms in total. The molecule has 0 radical (unpaired) electrons.